The molecule has 0 aromatic carbocycles. The number of hydrazine groups is 1. The molecule has 1 aliphatic heterocycles. The van der Waals surface area contributed by atoms with Crippen LogP contribution in [0.25, 0.3) is 0 Å². The highest BCUT2D eigenvalue weighted by molar-refractivity contribution is 7.88. The molecule has 1 aromatic rings. The molecule has 0 unspecified atom stereocenters. The van der Waals surface area contributed by atoms with Gasteiger partial charge < -0.3 is 4.90 Å². The van der Waals surface area contributed by atoms with E-state index in [9.17, 15) is 8.42 Å². The van der Waals surface area contributed by atoms with Gasteiger partial charge in [-0.15, -0.1) is 0 Å². The Kier molecular flexibility index (Phi) is 3.88. The Hall–Kier alpha value is -1.45. The van der Waals surface area contributed by atoms with Gasteiger partial charge in [0.1, 0.15) is 5.82 Å². The first-order valence-corrected chi connectivity index (χ1v) is 7.77. The number of aryl methyl sites for hydroxylation is 1. The van der Waals surface area contributed by atoms with Crippen molar-refractivity contribution >= 4 is 21.8 Å². The lowest BCUT2D eigenvalue weighted by atomic mass is 10.3. The predicted octanol–water partition coefficient (Wildman–Crippen LogP) is -0.848. The van der Waals surface area contributed by atoms with E-state index in [1.165, 1.54) is 10.6 Å². The lowest BCUT2D eigenvalue weighted by Crippen LogP contribution is -2.48. The summed E-state index contributed by atoms with van der Waals surface area (Å²) in [5.41, 5.74) is 3.35. The molecular weight excluding hydrogens is 268 g/mol. The van der Waals surface area contributed by atoms with E-state index < -0.39 is 10.0 Å². The van der Waals surface area contributed by atoms with Crippen LogP contribution in [0.1, 0.15) is 5.56 Å². The number of aromatic nitrogens is 2. The van der Waals surface area contributed by atoms with E-state index in [2.05, 4.69) is 15.4 Å². The molecule has 2 heterocycles. The monoisotopic (exact) mass is 286 g/mol. The Morgan fingerprint density at radius 3 is 2.47 bits per heavy atom. The molecule has 0 saturated carbocycles. The summed E-state index contributed by atoms with van der Waals surface area (Å²) < 4.78 is 24.4. The molecule has 0 radical (unpaired) electrons. The predicted molar refractivity (Wildman–Crippen MR) is 73.2 cm³/mol. The number of anilines is 2. The molecule has 1 saturated heterocycles. The summed E-state index contributed by atoms with van der Waals surface area (Å²) in [6.07, 6.45) is 2.93. The van der Waals surface area contributed by atoms with Gasteiger partial charge in [0.2, 0.25) is 16.0 Å². The van der Waals surface area contributed by atoms with Crippen LogP contribution in [0.2, 0.25) is 0 Å². The van der Waals surface area contributed by atoms with Crippen LogP contribution in [-0.2, 0) is 10.0 Å². The molecule has 0 amide bonds. The van der Waals surface area contributed by atoms with E-state index in [1.54, 1.807) is 6.20 Å². The largest absolute Gasteiger partial charge is 0.354 e. The SMILES string of the molecule is Cc1cnc(NN)nc1N1CCN(S(C)(=O)=O)CC1. The van der Waals surface area contributed by atoms with Gasteiger partial charge >= 0.3 is 0 Å². The molecule has 106 valence electrons. The molecule has 0 aliphatic carbocycles. The number of nitrogens with one attached hydrogen (secondary N) is 1. The number of nitrogens with two attached hydrogens (primary N) is 1. The molecule has 9 heteroatoms. The van der Waals surface area contributed by atoms with Crippen LogP contribution in [-0.4, -0.2) is 55.1 Å². The third-order valence-electron chi connectivity index (χ3n) is 3.08. The van der Waals surface area contributed by atoms with Crippen molar-refractivity contribution in [1.82, 2.24) is 14.3 Å². The van der Waals surface area contributed by atoms with Gasteiger partial charge in [-0.3, -0.25) is 5.43 Å². The highest BCUT2D eigenvalue weighted by Gasteiger charge is 2.24. The molecule has 0 atom stereocenters. The number of piperazine rings is 1. The fourth-order valence-corrected chi connectivity index (χ4v) is 2.88. The van der Waals surface area contributed by atoms with E-state index in [-0.39, 0.29) is 0 Å². The summed E-state index contributed by atoms with van der Waals surface area (Å²) in [6.45, 7) is 4.06. The Bertz CT molecular complexity index is 553. The summed E-state index contributed by atoms with van der Waals surface area (Å²) in [7, 11) is -3.11. The van der Waals surface area contributed by atoms with Crippen LogP contribution >= 0.6 is 0 Å². The van der Waals surface area contributed by atoms with E-state index >= 15 is 0 Å². The van der Waals surface area contributed by atoms with E-state index in [1.807, 2.05) is 11.8 Å². The number of nitrogen functional groups attached to an aromatic ring is 1. The van der Waals surface area contributed by atoms with Gasteiger partial charge in [0, 0.05) is 37.9 Å². The minimum atomic E-state index is -3.11. The second kappa shape index (κ2) is 5.27. The minimum Gasteiger partial charge on any atom is -0.354 e. The van der Waals surface area contributed by atoms with E-state index in [4.69, 9.17) is 5.84 Å². The number of hydrogen-bond acceptors (Lipinski definition) is 7. The van der Waals surface area contributed by atoms with Crippen molar-refractivity contribution in [2.75, 3.05) is 42.8 Å². The molecular formula is C10H18N6O2S. The molecule has 1 aliphatic rings. The first-order chi connectivity index (χ1) is 8.91. The van der Waals surface area contributed by atoms with E-state index in [0.29, 0.717) is 32.1 Å². The lowest BCUT2D eigenvalue weighted by molar-refractivity contribution is 0.386. The maximum absolute atomic E-state index is 11.5. The Morgan fingerprint density at radius 1 is 1.32 bits per heavy atom. The second-order valence-electron chi connectivity index (χ2n) is 4.49. The van der Waals surface area contributed by atoms with Gasteiger partial charge in [0.05, 0.1) is 6.26 Å². The molecule has 2 rings (SSSR count). The fourth-order valence-electron chi connectivity index (χ4n) is 2.05. The van der Waals surface area contributed by atoms with E-state index in [0.717, 1.165) is 11.4 Å². The van der Waals surface area contributed by atoms with Gasteiger partial charge in [-0.1, -0.05) is 0 Å². The molecule has 1 fully saturated rings. The number of nitrogens with zero attached hydrogens (tertiary/aromatic N) is 4. The number of rotatable bonds is 3. The molecule has 1 aromatic heterocycles. The number of hydrogen-bond donors (Lipinski definition) is 2. The van der Waals surface area contributed by atoms with Crippen LogP contribution in [0.4, 0.5) is 11.8 Å². The Balaban J connectivity index is 2.13. The molecule has 8 nitrogen and oxygen atoms in total. The Labute approximate surface area is 112 Å². The van der Waals surface area contributed by atoms with Crippen LogP contribution in [0.15, 0.2) is 6.20 Å². The van der Waals surface area contributed by atoms with Crippen molar-refractivity contribution in [3.8, 4) is 0 Å². The first kappa shape index (κ1) is 14.0. The van der Waals surface area contributed by atoms with Crippen molar-refractivity contribution in [1.29, 1.82) is 0 Å². The summed E-state index contributed by atoms with van der Waals surface area (Å²) in [4.78, 5) is 10.4. The van der Waals surface area contributed by atoms with Gasteiger partial charge in [0.25, 0.3) is 0 Å². The standard InChI is InChI=1S/C10H18N6O2S/c1-8-7-12-10(14-11)13-9(8)15-3-5-16(6-4-15)19(2,17)18/h7H,3-6,11H2,1-2H3,(H,12,13,14). The van der Waals surface area contributed by atoms with Crippen LogP contribution in [0, 0.1) is 6.92 Å². The van der Waals surface area contributed by atoms with Crippen molar-refractivity contribution < 1.29 is 8.42 Å². The fraction of sp³-hybridized carbons (Fsp3) is 0.600. The maximum atomic E-state index is 11.5. The van der Waals surface area contributed by atoms with Crippen molar-refractivity contribution in [3.05, 3.63) is 11.8 Å². The second-order valence-corrected chi connectivity index (χ2v) is 6.48. The number of sulfonamides is 1. The Morgan fingerprint density at radius 2 is 1.95 bits per heavy atom. The summed E-state index contributed by atoms with van der Waals surface area (Å²) in [6, 6.07) is 0. The van der Waals surface area contributed by atoms with Gasteiger partial charge in [-0.2, -0.15) is 9.29 Å². The lowest BCUT2D eigenvalue weighted by Gasteiger charge is -2.34. The quantitative estimate of drug-likeness (QED) is 0.551. The molecule has 0 spiro atoms. The highest BCUT2D eigenvalue weighted by atomic mass is 32.2. The van der Waals surface area contributed by atoms with Gasteiger partial charge in [-0.05, 0) is 6.92 Å². The topological polar surface area (TPSA) is 104 Å². The third kappa shape index (κ3) is 3.11. The molecule has 3 N–H and O–H groups in total. The van der Waals surface area contributed by atoms with Gasteiger partial charge in [-0.25, -0.2) is 19.2 Å². The molecule has 0 bridgehead atoms. The van der Waals surface area contributed by atoms with Crippen molar-refractivity contribution in [2.45, 2.75) is 6.92 Å². The first-order valence-electron chi connectivity index (χ1n) is 5.92. The third-order valence-corrected chi connectivity index (χ3v) is 4.38. The van der Waals surface area contributed by atoms with Crippen LogP contribution < -0.4 is 16.2 Å². The zero-order chi connectivity index (χ0) is 14.0. The van der Waals surface area contributed by atoms with Crippen molar-refractivity contribution in [2.24, 2.45) is 5.84 Å². The summed E-state index contributed by atoms with van der Waals surface area (Å²) in [5, 5.41) is 0. The highest BCUT2D eigenvalue weighted by Crippen LogP contribution is 2.19. The van der Waals surface area contributed by atoms with Gasteiger partial charge in [0.15, 0.2) is 0 Å². The summed E-state index contributed by atoms with van der Waals surface area (Å²) >= 11 is 0. The van der Waals surface area contributed by atoms with Crippen LogP contribution in [0.3, 0.4) is 0 Å². The molecule has 19 heavy (non-hydrogen) atoms. The average molecular weight is 286 g/mol. The van der Waals surface area contributed by atoms with Crippen molar-refractivity contribution in [3.63, 3.8) is 0 Å². The smallest absolute Gasteiger partial charge is 0.239 e. The zero-order valence-electron chi connectivity index (χ0n) is 11.0. The maximum Gasteiger partial charge on any atom is 0.239 e. The van der Waals surface area contributed by atoms with Crippen LogP contribution in [0.5, 0.6) is 0 Å². The average Bonchev–Trinajstić information content (AvgIpc) is 2.38. The zero-order valence-corrected chi connectivity index (χ0v) is 11.8. The normalized spacial score (nSPS) is 17.5. The minimum absolute atomic E-state index is 0.353. The summed E-state index contributed by atoms with van der Waals surface area (Å²) in [5.74, 6) is 6.44.